The molecule has 1 N–H and O–H groups in total. The van der Waals surface area contributed by atoms with Gasteiger partial charge in [0.25, 0.3) is 0 Å². The minimum atomic E-state index is -0.0925. The van der Waals surface area contributed by atoms with Gasteiger partial charge in [0.1, 0.15) is 0 Å². The van der Waals surface area contributed by atoms with Crippen LogP contribution < -0.4 is 5.32 Å². The van der Waals surface area contributed by atoms with Crippen LogP contribution in [-0.2, 0) is 4.79 Å². The lowest BCUT2D eigenvalue weighted by atomic mass is 10.2. The van der Waals surface area contributed by atoms with Crippen LogP contribution in [0.1, 0.15) is 45.4 Å². The fourth-order valence-electron chi connectivity index (χ4n) is 2.12. The molecule has 80 valence electrons. The van der Waals surface area contributed by atoms with Crippen molar-refractivity contribution in [3.8, 4) is 0 Å². The number of hydrogen-bond acceptors (Lipinski definition) is 2. The molecule has 0 unspecified atom stereocenters. The van der Waals surface area contributed by atoms with Crippen molar-refractivity contribution >= 4 is 5.91 Å². The van der Waals surface area contributed by atoms with Crippen LogP contribution >= 0.6 is 0 Å². The van der Waals surface area contributed by atoms with E-state index in [-0.39, 0.29) is 5.54 Å². The molecular formula is C11H20N2O. The number of carbonyl (C=O) groups excluding carboxylic acids is 1. The van der Waals surface area contributed by atoms with Crippen LogP contribution in [0.15, 0.2) is 0 Å². The molecule has 1 saturated carbocycles. The molecule has 14 heavy (non-hydrogen) atoms. The third-order valence-corrected chi connectivity index (χ3v) is 3.34. The second-order valence-corrected chi connectivity index (χ2v) is 4.55. The number of carbonyl (C=O) groups is 1. The Morgan fingerprint density at radius 3 is 2.71 bits per heavy atom. The Bertz CT molecular complexity index is 223. The van der Waals surface area contributed by atoms with Gasteiger partial charge in [-0.3, -0.25) is 10.1 Å². The molecule has 1 aliphatic carbocycles. The van der Waals surface area contributed by atoms with Gasteiger partial charge in [-0.15, -0.1) is 0 Å². The van der Waals surface area contributed by atoms with Crippen molar-refractivity contribution in [1.82, 2.24) is 10.2 Å². The predicted octanol–water partition coefficient (Wildman–Crippen LogP) is 1.49. The quantitative estimate of drug-likeness (QED) is 0.676. The molecule has 0 aromatic carbocycles. The van der Waals surface area contributed by atoms with E-state index in [1.54, 1.807) is 0 Å². The molecule has 0 bridgehead atoms. The molecule has 3 nitrogen and oxygen atoms in total. The molecule has 0 aromatic rings. The Labute approximate surface area is 85.8 Å². The second kappa shape index (κ2) is 3.89. The molecule has 1 aliphatic heterocycles. The molecule has 1 amide bonds. The van der Waals surface area contributed by atoms with Gasteiger partial charge in [-0.25, -0.2) is 0 Å². The highest BCUT2D eigenvalue weighted by molar-refractivity contribution is 5.91. The summed E-state index contributed by atoms with van der Waals surface area (Å²) in [5, 5.41) is 3.32. The Balaban J connectivity index is 1.69. The van der Waals surface area contributed by atoms with Gasteiger partial charge < -0.3 is 4.90 Å². The predicted molar refractivity (Wildman–Crippen MR) is 55.8 cm³/mol. The van der Waals surface area contributed by atoms with Gasteiger partial charge in [-0.05, 0) is 19.3 Å². The molecule has 1 saturated heterocycles. The number of nitrogens with one attached hydrogen (secondary N) is 1. The van der Waals surface area contributed by atoms with Crippen LogP contribution in [0, 0.1) is 0 Å². The van der Waals surface area contributed by atoms with E-state index in [0.29, 0.717) is 5.91 Å². The highest BCUT2D eigenvalue weighted by atomic mass is 16.2. The lowest BCUT2D eigenvalue weighted by molar-refractivity contribution is -0.129. The first-order chi connectivity index (χ1) is 6.78. The molecule has 1 spiro atoms. The summed E-state index contributed by atoms with van der Waals surface area (Å²) in [6, 6.07) is 0. The Kier molecular flexibility index (Phi) is 2.77. The first-order valence-corrected chi connectivity index (χ1v) is 5.83. The summed E-state index contributed by atoms with van der Waals surface area (Å²) in [6.07, 6.45) is 7.08. The molecule has 2 aliphatic rings. The summed E-state index contributed by atoms with van der Waals surface area (Å²) in [5.41, 5.74) is -0.0925. The van der Waals surface area contributed by atoms with E-state index in [4.69, 9.17) is 0 Å². The maximum atomic E-state index is 11.8. The highest BCUT2D eigenvalue weighted by Gasteiger charge is 2.55. The number of hydrogen-bond donors (Lipinski definition) is 1. The third-order valence-electron chi connectivity index (χ3n) is 3.34. The van der Waals surface area contributed by atoms with Crippen LogP contribution in [0.4, 0.5) is 0 Å². The minimum Gasteiger partial charge on any atom is -0.328 e. The molecule has 0 aromatic heterocycles. The molecule has 0 atom stereocenters. The smallest absolute Gasteiger partial charge is 0.243 e. The number of unbranched alkanes of at least 4 members (excludes halogenated alkanes) is 3. The molecule has 1 heterocycles. The van der Waals surface area contributed by atoms with E-state index >= 15 is 0 Å². The topological polar surface area (TPSA) is 32.3 Å². The number of rotatable bonds is 5. The summed E-state index contributed by atoms with van der Waals surface area (Å²) in [6.45, 7) is 3.94. The lowest BCUT2D eigenvalue weighted by Gasteiger charge is -2.14. The zero-order valence-electron chi connectivity index (χ0n) is 9.01. The maximum Gasteiger partial charge on any atom is 0.243 e. The average Bonchev–Trinajstić information content (AvgIpc) is 2.90. The standard InChI is InChI=1S/C11H20N2O/c1-2-3-4-5-8-13-9-12-11(6-7-11)10(13)14/h12H,2-9H2,1H3. The highest BCUT2D eigenvalue weighted by Crippen LogP contribution is 2.40. The van der Waals surface area contributed by atoms with Crippen molar-refractivity contribution in [2.24, 2.45) is 0 Å². The van der Waals surface area contributed by atoms with Gasteiger partial charge in [-0.1, -0.05) is 26.2 Å². The summed E-state index contributed by atoms with van der Waals surface area (Å²) >= 11 is 0. The van der Waals surface area contributed by atoms with Crippen LogP contribution in [0.3, 0.4) is 0 Å². The van der Waals surface area contributed by atoms with Gasteiger partial charge in [-0.2, -0.15) is 0 Å². The van der Waals surface area contributed by atoms with Gasteiger partial charge in [0.05, 0.1) is 12.2 Å². The molecule has 2 rings (SSSR count). The largest absolute Gasteiger partial charge is 0.328 e. The fourth-order valence-corrected chi connectivity index (χ4v) is 2.12. The molecule has 3 heteroatoms. The van der Waals surface area contributed by atoms with Gasteiger partial charge in [0.15, 0.2) is 0 Å². The third kappa shape index (κ3) is 1.78. The van der Waals surface area contributed by atoms with E-state index in [9.17, 15) is 4.79 Å². The number of amides is 1. The first kappa shape index (κ1) is 9.97. The van der Waals surface area contributed by atoms with Crippen LogP contribution in [0.25, 0.3) is 0 Å². The van der Waals surface area contributed by atoms with E-state index in [1.807, 2.05) is 4.90 Å². The van der Waals surface area contributed by atoms with Gasteiger partial charge in [0, 0.05) is 6.54 Å². The average molecular weight is 196 g/mol. The summed E-state index contributed by atoms with van der Waals surface area (Å²) in [7, 11) is 0. The van der Waals surface area contributed by atoms with Crippen molar-refractivity contribution in [3.63, 3.8) is 0 Å². The van der Waals surface area contributed by atoms with Crippen molar-refractivity contribution in [2.45, 2.75) is 51.0 Å². The molecular weight excluding hydrogens is 176 g/mol. The minimum absolute atomic E-state index is 0.0925. The first-order valence-electron chi connectivity index (χ1n) is 5.83. The Morgan fingerprint density at radius 2 is 2.14 bits per heavy atom. The Hall–Kier alpha value is -0.570. The normalized spacial score (nSPS) is 23.5. The zero-order valence-corrected chi connectivity index (χ0v) is 9.01. The Morgan fingerprint density at radius 1 is 1.36 bits per heavy atom. The number of nitrogens with zero attached hydrogens (tertiary/aromatic N) is 1. The van der Waals surface area contributed by atoms with Crippen molar-refractivity contribution in [2.75, 3.05) is 13.2 Å². The summed E-state index contributed by atoms with van der Waals surface area (Å²) < 4.78 is 0. The van der Waals surface area contributed by atoms with E-state index < -0.39 is 0 Å². The summed E-state index contributed by atoms with van der Waals surface area (Å²) in [5.74, 6) is 0.356. The van der Waals surface area contributed by atoms with Crippen molar-refractivity contribution < 1.29 is 4.79 Å². The second-order valence-electron chi connectivity index (χ2n) is 4.55. The molecule has 0 radical (unpaired) electrons. The lowest BCUT2D eigenvalue weighted by Crippen LogP contribution is -2.32. The van der Waals surface area contributed by atoms with Crippen LogP contribution in [0.5, 0.6) is 0 Å². The maximum absolute atomic E-state index is 11.8. The SMILES string of the molecule is CCCCCCN1CNC2(CC2)C1=O. The van der Waals surface area contributed by atoms with Crippen LogP contribution in [-0.4, -0.2) is 29.6 Å². The fraction of sp³-hybridized carbons (Fsp3) is 0.909. The van der Waals surface area contributed by atoms with Crippen LogP contribution in [0.2, 0.25) is 0 Å². The van der Waals surface area contributed by atoms with Gasteiger partial charge in [0.2, 0.25) is 5.91 Å². The van der Waals surface area contributed by atoms with E-state index in [0.717, 1.165) is 32.5 Å². The molecule has 2 fully saturated rings. The van der Waals surface area contributed by atoms with Crippen molar-refractivity contribution in [1.29, 1.82) is 0 Å². The van der Waals surface area contributed by atoms with Crippen molar-refractivity contribution in [3.05, 3.63) is 0 Å². The van der Waals surface area contributed by atoms with Gasteiger partial charge >= 0.3 is 0 Å². The summed E-state index contributed by atoms with van der Waals surface area (Å²) in [4.78, 5) is 13.8. The monoisotopic (exact) mass is 196 g/mol. The zero-order chi connectivity index (χ0) is 10.0. The van der Waals surface area contributed by atoms with E-state index in [1.165, 1.54) is 19.3 Å². The van der Waals surface area contributed by atoms with E-state index in [2.05, 4.69) is 12.2 Å².